The van der Waals surface area contributed by atoms with Crippen LogP contribution in [0.15, 0.2) is 42.3 Å². The molecule has 2 N–H and O–H groups in total. The van der Waals surface area contributed by atoms with Crippen LogP contribution in [-0.4, -0.2) is 19.9 Å². The van der Waals surface area contributed by atoms with Crippen LogP contribution in [0, 0.1) is 0 Å². The minimum absolute atomic E-state index is 0.260. The second-order valence-electron chi connectivity index (χ2n) is 3.56. The predicted molar refractivity (Wildman–Crippen MR) is 70.8 cm³/mol. The highest BCUT2D eigenvalue weighted by Crippen LogP contribution is 2.31. The third-order valence-electron chi connectivity index (χ3n) is 2.42. The van der Waals surface area contributed by atoms with E-state index in [9.17, 15) is 0 Å². The number of nitrogens with zero attached hydrogens (tertiary/aromatic N) is 4. The molecule has 3 aromatic heterocycles. The maximum Gasteiger partial charge on any atom is 0.220 e. The summed E-state index contributed by atoms with van der Waals surface area (Å²) in [6.07, 6.45) is 4.89. The van der Waals surface area contributed by atoms with E-state index in [4.69, 9.17) is 5.73 Å². The summed E-state index contributed by atoms with van der Waals surface area (Å²) in [7, 11) is 0. The van der Waals surface area contributed by atoms with Crippen LogP contribution in [0.3, 0.4) is 0 Å². The molecule has 0 fully saturated rings. The van der Waals surface area contributed by atoms with Crippen molar-refractivity contribution in [2.24, 2.45) is 0 Å². The highest BCUT2D eigenvalue weighted by Gasteiger charge is 2.12. The first-order valence-electron chi connectivity index (χ1n) is 5.27. The molecule has 5 nitrogen and oxygen atoms in total. The molecule has 3 rings (SSSR count). The Bertz CT molecular complexity index is 651. The van der Waals surface area contributed by atoms with Crippen molar-refractivity contribution in [3.63, 3.8) is 0 Å². The minimum Gasteiger partial charge on any atom is -0.368 e. The SMILES string of the molecule is Nc1ncc(-c2ccncn2)c(-c2cccs2)n1. The highest BCUT2D eigenvalue weighted by atomic mass is 32.1. The summed E-state index contributed by atoms with van der Waals surface area (Å²) in [4.78, 5) is 17.5. The molecule has 6 heteroatoms. The van der Waals surface area contributed by atoms with Crippen LogP contribution in [0.4, 0.5) is 5.95 Å². The van der Waals surface area contributed by atoms with E-state index in [-0.39, 0.29) is 5.95 Å². The van der Waals surface area contributed by atoms with Crippen LogP contribution >= 0.6 is 11.3 Å². The molecular weight excluding hydrogens is 246 g/mol. The molecule has 0 bridgehead atoms. The van der Waals surface area contributed by atoms with Crippen molar-refractivity contribution in [1.29, 1.82) is 0 Å². The third kappa shape index (κ3) is 1.93. The Hall–Kier alpha value is -2.34. The summed E-state index contributed by atoms with van der Waals surface area (Å²) in [5.41, 5.74) is 8.10. The van der Waals surface area contributed by atoms with E-state index in [0.29, 0.717) is 0 Å². The fourth-order valence-corrected chi connectivity index (χ4v) is 2.36. The zero-order valence-electron chi connectivity index (χ0n) is 9.32. The van der Waals surface area contributed by atoms with E-state index in [2.05, 4.69) is 19.9 Å². The van der Waals surface area contributed by atoms with E-state index >= 15 is 0 Å². The summed E-state index contributed by atoms with van der Waals surface area (Å²) in [5, 5.41) is 2.00. The second kappa shape index (κ2) is 4.50. The molecule has 0 aliphatic carbocycles. The lowest BCUT2D eigenvalue weighted by atomic mass is 10.1. The first-order valence-corrected chi connectivity index (χ1v) is 6.15. The first-order chi connectivity index (χ1) is 8.84. The van der Waals surface area contributed by atoms with Gasteiger partial charge in [-0.1, -0.05) is 6.07 Å². The summed E-state index contributed by atoms with van der Waals surface area (Å²) < 4.78 is 0. The largest absolute Gasteiger partial charge is 0.368 e. The molecule has 0 atom stereocenters. The molecule has 0 aromatic carbocycles. The Kier molecular flexibility index (Phi) is 2.70. The molecule has 18 heavy (non-hydrogen) atoms. The van der Waals surface area contributed by atoms with Crippen molar-refractivity contribution >= 4 is 17.3 Å². The normalized spacial score (nSPS) is 10.4. The van der Waals surface area contributed by atoms with Gasteiger partial charge in [-0.25, -0.2) is 19.9 Å². The molecule has 0 radical (unpaired) electrons. The molecule has 0 saturated carbocycles. The van der Waals surface area contributed by atoms with Gasteiger partial charge in [0.15, 0.2) is 0 Å². The maximum atomic E-state index is 5.66. The number of anilines is 1. The van der Waals surface area contributed by atoms with Gasteiger partial charge in [0.1, 0.15) is 6.33 Å². The lowest BCUT2D eigenvalue weighted by Crippen LogP contribution is -1.98. The molecule has 0 unspecified atom stereocenters. The monoisotopic (exact) mass is 255 g/mol. The van der Waals surface area contributed by atoms with Crippen molar-refractivity contribution in [3.05, 3.63) is 42.3 Å². The van der Waals surface area contributed by atoms with Gasteiger partial charge in [-0.2, -0.15) is 0 Å². The fraction of sp³-hybridized carbons (Fsp3) is 0. The number of nitrogen functional groups attached to an aromatic ring is 1. The molecule has 88 valence electrons. The average molecular weight is 255 g/mol. The maximum absolute atomic E-state index is 5.66. The van der Waals surface area contributed by atoms with Crippen LogP contribution < -0.4 is 5.73 Å². The van der Waals surface area contributed by atoms with Gasteiger partial charge in [0.25, 0.3) is 0 Å². The molecule has 3 aromatic rings. The average Bonchev–Trinajstić information content (AvgIpc) is 2.93. The molecule has 0 amide bonds. The van der Waals surface area contributed by atoms with Crippen molar-refractivity contribution in [1.82, 2.24) is 19.9 Å². The van der Waals surface area contributed by atoms with E-state index in [1.165, 1.54) is 6.33 Å². The first kappa shape index (κ1) is 10.8. The smallest absolute Gasteiger partial charge is 0.220 e. The van der Waals surface area contributed by atoms with E-state index in [0.717, 1.165) is 21.8 Å². The number of aromatic nitrogens is 4. The van der Waals surface area contributed by atoms with Gasteiger partial charge < -0.3 is 5.73 Å². The predicted octanol–water partition coefficient (Wildman–Crippen LogP) is 2.24. The van der Waals surface area contributed by atoms with E-state index in [1.807, 2.05) is 23.6 Å². The topological polar surface area (TPSA) is 77.6 Å². The second-order valence-corrected chi connectivity index (χ2v) is 4.51. The van der Waals surface area contributed by atoms with Crippen molar-refractivity contribution < 1.29 is 0 Å². The lowest BCUT2D eigenvalue weighted by molar-refractivity contribution is 1.15. The molecule has 0 saturated heterocycles. The number of hydrogen-bond acceptors (Lipinski definition) is 6. The van der Waals surface area contributed by atoms with Gasteiger partial charge in [0.2, 0.25) is 5.95 Å². The molecule has 0 aliphatic rings. The van der Waals surface area contributed by atoms with Crippen LogP contribution in [0.1, 0.15) is 0 Å². The third-order valence-corrected chi connectivity index (χ3v) is 3.30. The quantitative estimate of drug-likeness (QED) is 0.759. The zero-order valence-corrected chi connectivity index (χ0v) is 10.1. The van der Waals surface area contributed by atoms with Crippen LogP contribution in [-0.2, 0) is 0 Å². The van der Waals surface area contributed by atoms with Crippen LogP contribution in [0.2, 0.25) is 0 Å². The molecule has 0 aliphatic heterocycles. The Morgan fingerprint density at radius 2 is 2.11 bits per heavy atom. The van der Waals surface area contributed by atoms with Gasteiger partial charge >= 0.3 is 0 Å². The number of nitrogens with two attached hydrogens (primary N) is 1. The number of hydrogen-bond donors (Lipinski definition) is 1. The zero-order chi connectivity index (χ0) is 12.4. The Morgan fingerprint density at radius 1 is 1.17 bits per heavy atom. The van der Waals surface area contributed by atoms with E-state index < -0.39 is 0 Å². The van der Waals surface area contributed by atoms with Gasteiger partial charge in [-0.3, -0.25) is 0 Å². The summed E-state index contributed by atoms with van der Waals surface area (Å²) >= 11 is 1.60. The van der Waals surface area contributed by atoms with Gasteiger partial charge in [0, 0.05) is 18.0 Å². The standard InChI is InChI=1S/C12H9N5S/c13-12-15-6-8(9-3-4-14-7-16-9)11(17-12)10-2-1-5-18-10/h1-7H,(H2,13,15,17). The summed E-state index contributed by atoms with van der Waals surface area (Å²) in [6.45, 7) is 0. The number of thiophene rings is 1. The summed E-state index contributed by atoms with van der Waals surface area (Å²) in [5.74, 6) is 0.260. The molecule has 0 spiro atoms. The van der Waals surface area contributed by atoms with Crippen molar-refractivity contribution in [3.8, 4) is 21.8 Å². The van der Waals surface area contributed by atoms with Crippen molar-refractivity contribution in [2.75, 3.05) is 5.73 Å². The molecular formula is C12H9N5S. The molecule has 3 heterocycles. The lowest BCUT2D eigenvalue weighted by Gasteiger charge is -2.06. The van der Waals surface area contributed by atoms with Gasteiger partial charge in [-0.05, 0) is 17.5 Å². The van der Waals surface area contributed by atoms with Crippen LogP contribution in [0.5, 0.6) is 0 Å². The Balaban J connectivity index is 2.21. The Labute approximate surface area is 107 Å². The highest BCUT2D eigenvalue weighted by molar-refractivity contribution is 7.13. The van der Waals surface area contributed by atoms with Crippen LogP contribution in [0.25, 0.3) is 21.8 Å². The summed E-state index contributed by atoms with van der Waals surface area (Å²) in [6, 6.07) is 5.80. The minimum atomic E-state index is 0.260. The van der Waals surface area contributed by atoms with E-state index in [1.54, 1.807) is 23.7 Å². The Morgan fingerprint density at radius 3 is 2.83 bits per heavy atom. The van der Waals surface area contributed by atoms with Crippen molar-refractivity contribution in [2.45, 2.75) is 0 Å². The number of rotatable bonds is 2. The van der Waals surface area contributed by atoms with Gasteiger partial charge in [-0.15, -0.1) is 11.3 Å². The fourth-order valence-electron chi connectivity index (χ4n) is 1.63. The van der Waals surface area contributed by atoms with Gasteiger partial charge in [0.05, 0.1) is 16.3 Å².